The predicted octanol–water partition coefficient (Wildman–Crippen LogP) is 1.79. The first-order valence-electron chi connectivity index (χ1n) is 3.87. The van der Waals surface area contributed by atoms with E-state index in [9.17, 15) is 22.4 Å². The number of nitrogens with zero attached hydrogens (tertiary/aromatic N) is 3. The first-order valence-corrected chi connectivity index (χ1v) is 3.87. The maximum absolute atomic E-state index is 13.2. The van der Waals surface area contributed by atoms with E-state index >= 15 is 0 Å². The van der Waals surface area contributed by atoms with Crippen LogP contribution >= 0.6 is 0 Å². The molecular formula is C7H3F4N5O. The maximum atomic E-state index is 13.2. The zero-order chi connectivity index (χ0) is 13.2. The van der Waals surface area contributed by atoms with Gasteiger partial charge in [0.2, 0.25) is 0 Å². The summed E-state index contributed by atoms with van der Waals surface area (Å²) >= 11 is 0. The maximum Gasteiger partial charge on any atom is 0.271 e. The molecule has 0 unspecified atom stereocenters. The highest BCUT2D eigenvalue weighted by Crippen LogP contribution is 2.30. The van der Waals surface area contributed by atoms with E-state index in [1.54, 1.807) is 0 Å². The minimum Gasteiger partial charge on any atom is -0.290 e. The number of hydrogen-bond acceptors (Lipinski definition) is 3. The molecule has 0 aliphatic carbocycles. The summed E-state index contributed by atoms with van der Waals surface area (Å²) in [7, 11) is 0. The Morgan fingerprint density at radius 2 is 1.65 bits per heavy atom. The molecule has 10 heteroatoms. The molecule has 0 fully saturated rings. The van der Waals surface area contributed by atoms with Gasteiger partial charge in [0.25, 0.3) is 5.91 Å². The summed E-state index contributed by atoms with van der Waals surface area (Å²) in [5.41, 5.74) is 6.22. The van der Waals surface area contributed by atoms with Crippen molar-refractivity contribution < 1.29 is 22.4 Å². The number of azide groups is 1. The Morgan fingerprint density at radius 1 is 1.18 bits per heavy atom. The Morgan fingerprint density at radius 3 is 2.00 bits per heavy atom. The molecule has 1 aromatic carbocycles. The molecule has 0 aromatic heterocycles. The third-order valence-electron chi connectivity index (χ3n) is 1.74. The average Bonchev–Trinajstić information content (AvgIpc) is 2.32. The van der Waals surface area contributed by atoms with Gasteiger partial charge < -0.3 is 0 Å². The number of rotatable bonds is 2. The predicted molar refractivity (Wildman–Crippen MR) is 46.7 cm³/mol. The van der Waals surface area contributed by atoms with Crippen LogP contribution in [0.15, 0.2) is 5.11 Å². The molecular weight excluding hydrogens is 246 g/mol. The van der Waals surface area contributed by atoms with Crippen molar-refractivity contribution in [3.63, 3.8) is 0 Å². The highest BCUT2D eigenvalue weighted by molar-refractivity contribution is 5.94. The molecule has 0 aliphatic heterocycles. The SMILES string of the molecule is [N-]=[N+]=Nc1c(F)c(F)c(C(=O)NN)c(F)c1F. The van der Waals surface area contributed by atoms with Crippen molar-refractivity contribution in [2.45, 2.75) is 0 Å². The monoisotopic (exact) mass is 249 g/mol. The van der Waals surface area contributed by atoms with Gasteiger partial charge in [0.15, 0.2) is 23.3 Å². The zero-order valence-corrected chi connectivity index (χ0v) is 7.84. The van der Waals surface area contributed by atoms with Gasteiger partial charge in [0, 0.05) is 4.91 Å². The van der Waals surface area contributed by atoms with Gasteiger partial charge in [-0.25, -0.2) is 23.4 Å². The summed E-state index contributed by atoms with van der Waals surface area (Å²) in [4.78, 5) is 12.9. The fourth-order valence-electron chi connectivity index (χ4n) is 1.02. The number of amides is 1. The molecule has 1 amide bonds. The van der Waals surface area contributed by atoms with Crippen molar-refractivity contribution in [3.8, 4) is 0 Å². The van der Waals surface area contributed by atoms with Gasteiger partial charge in [-0.15, -0.1) is 0 Å². The minimum absolute atomic E-state index is 1.31. The van der Waals surface area contributed by atoms with Crippen molar-refractivity contribution in [1.82, 2.24) is 5.43 Å². The van der Waals surface area contributed by atoms with Crippen LogP contribution in [-0.2, 0) is 0 Å². The average molecular weight is 249 g/mol. The molecule has 1 aromatic rings. The Bertz CT molecular complexity index is 511. The molecule has 1 rings (SSSR count). The molecule has 0 bridgehead atoms. The summed E-state index contributed by atoms with van der Waals surface area (Å²) in [5, 5.41) is 2.44. The second-order valence-corrected chi connectivity index (χ2v) is 2.64. The third-order valence-corrected chi connectivity index (χ3v) is 1.74. The molecule has 0 saturated carbocycles. The van der Waals surface area contributed by atoms with Crippen LogP contribution in [0.2, 0.25) is 0 Å². The van der Waals surface area contributed by atoms with Crippen LogP contribution in [0.5, 0.6) is 0 Å². The van der Waals surface area contributed by atoms with Crippen LogP contribution in [0.4, 0.5) is 23.2 Å². The van der Waals surface area contributed by atoms with Crippen molar-refractivity contribution in [1.29, 1.82) is 0 Å². The smallest absolute Gasteiger partial charge is 0.271 e. The van der Waals surface area contributed by atoms with E-state index in [0.717, 1.165) is 0 Å². The van der Waals surface area contributed by atoms with Gasteiger partial charge in [-0.2, -0.15) is 0 Å². The summed E-state index contributed by atoms with van der Waals surface area (Å²) in [6.07, 6.45) is 0. The second-order valence-electron chi connectivity index (χ2n) is 2.64. The van der Waals surface area contributed by atoms with Crippen LogP contribution in [0.25, 0.3) is 10.4 Å². The molecule has 17 heavy (non-hydrogen) atoms. The fraction of sp³-hybridized carbons (Fsp3) is 0. The van der Waals surface area contributed by atoms with E-state index in [4.69, 9.17) is 5.53 Å². The number of hydrogen-bond donors (Lipinski definition) is 2. The van der Waals surface area contributed by atoms with Gasteiger partial charge in [0.1, 0.15) is 11.3 Å². The standard InChI is InChI=1S/C7H3F4N5O/c8-2-1(7(17)14-12)3(9)5(11)6(4(2)10)15-16-13/h12H2,(H,14,17). The van der Waals surface area contributed by atoms with Gasteiger partial charge in [-0.1, -0.05) is 5.11 Å². The first kappa shape index (κ1) is 12.7. The van der Waals surface area contributed by atoms with Crippen LogP contribution in [0, 0.1) is 23.3 Å². The fourth-order valence-corrected chi connectivity index (χ4v) is 1.02. The third kappa shape index (κ3) is 1.98. The van der Waals surface area contributed by atoms with Crippen LogP contribution in [-0.4, -0.2) is 5.91 Å². The molecule has 0 atom stereocenters. The topological polar surface area (TPSA) is 104 Å². The van der Waals surface area contributed by atoms with Gasteiger partial charge in [-0.3, -0.25) is 10.2 Å². The highest BCUT2D eigenvalue weighted by Gasteiger charge is 2.28. The molecule has 90 valence electrons. The highest BCUT2D eigenvalue weighted by atomic mass is 19.2. The molecule has 0 saturated heterocycles. The van der Waals surface area contributed by atoms with Crippen molar-refractivity contribution in [3.05, 3.63) is 39.3 Å². The van der Waals surface area contributed by atoms with Crippen LogP contribution in [0.3, 0.4) is 0 Å². The van der Waals surface area contributed by atoms with Crippen LogP contribution in [0.1, 0.15) is 10.4 Å². The quantitative estimate of drug-likeness (QED) is 0.122. The molecule has 6 nitrogen and oxygen atoms in total. The molecule has 0 spiro atoms. The Balaban J connectivity index is 3.69. The number of nitrogens with one attached hydrogen (secondary N) is 1. The van der Waals surface area contributed by atoms with Gasteiger partial charge >= 0.3 is 0 Å². The van der Waals surface area contributed by atoms with Gasteiger partial charge in [0.05, 0.1) is 0 Å². The summed E-state index contributed by atoms with van der Waals surface area (Å²) in [5.74, 6) is -4.97. The number of hydrazine groups is 1. The lowest BCUT2D eigenvalue weighted by molar-refractivity contribution is 0.0943. The summed E-state index contributed by atoms with van der Waals surface area (Å²) < 4.78 is 52.6. The van der Waals surface area contributed by atoms with E-state index in [1.807, 2.05) is 4.91 Å². The molecule has 0 aliphatic rings. The largest absolute Gasteiger partial charge is 0.290 e. The van der Waals surface area contributed by atoms with E-state index in [2.05, 4.69) is 11.0 Å². The number of nitrogen functional groups attached to an aromatic ring is 1. The van der Waals surface area contributed by atoms with E-state index in [1.165, 1.54) is 5.43 Å². The lowest BCUT2D eigenvalue weighted by atomic mass is 10.1. The minimum atomic E-state index is -2.01. The lowest BCUT2D eigenvalue weighted by Gasteiger charge is -2.07. The van der Waals surface area contributed by atoms with Gasteiger partial charge in [-0.05, 0) is 5.53 Å². The Kier molecular flexibility index (Phi) is 3.51. The lowest BCUT2D eigenvalue weighted by Crippen LogP contribution is -2.32. The van der Waals surface area contributed by atoms with Crippen molar-refractivity contribution in [2.75, 3.05) is 0 Å². The number of benzene rings is 1. The molecule has 3 N–H and O–H groups in total. The van der Waals surface area contributed by atoms with Crippen molar-refractivity contribution >= 4 is 11.6 Å². The summed E-state index contributed by atoms with van der Waals surface area (Å²) in [6.45, 7) is 0. The van der Waals surface area contributed by atoms with E-state index in [0.29, 0.717) is 0 Å². The number of halogens is 4. The van der Waals surface area contributed by atoms with E-state index in [-0.39, 0.29) is 0 Å². The number of nitrogens with two attached hydrogens (primary N) is 1. The Labute approximate surface area is 90.6 Å². The molecule has 0 heterocycles. The van der Waals surface area contributed by atoms with Crippen molar-refractivity contribution in [2.24, 2.45) is 11.0 Å². The Hall–Kier alpha value is -2.32. The van der Waals surface area contributed by atoms with Crippen LogP contribution < -0.4 is 11.3 Å². The zero-order valence-electron chi connectivity index (χ0n) is 7.84. The molecule has 0 radical (unpaired) electrons. The normalized spacial score (nSPS) is 9.71. The number of carbonyl (C=O) groups is 1. The first-order chi connectivity index (χ1) is 7.95. The second kappa shape index (κ2) is 4.68. The summed E-state index contributed by atoms with van der Waals surface area (Å²) in [6, 6.07) is 0. The van der Waals surface area contributed by atoms with E-state index < -0.39 is 40.4 Å². The number of carbonyl (C=O) groups excluding carboxylic acids is 1.